The van der Waals surface area contributed by atoms with E-state index in [0.29, 0.717) is 0 Å². The zero-order valence-electron chi connectivity index (χ0n) is 14.9. The molecule has 3 nitrogen and oxygen atoms in total. The fourth-order valence-corrected chi connectivity index (χ4v) is 3.70. The largest absolute Gasteiger partial charge is 0.497 e. The Morgan fingerprint density at radius 3 is 2.19 bits per heavy atom. The number of hydrogen-bond acceptors (Lipinski definition) is 2. The average molecular weight is 350 g/mol. The summed E-state index contributed by atoms with van der Waals surface area (Å²) in [6.07, 6.45) is 1.93. The SMILES string of the molecule is COc1ccc2[nH]c3cnc(-c4ccccc4)c(-c4ccccc4)c3c2c1. The molecule has 5 aromatic rings. The second-order valence-electron chi connectivity index (χ2n) is 6.54. The Morgan fingerprint density at radius 1 is 0.778 bits per heavy atom. The average Bonchev–Trinajstić information content (AvgIpc) is 3.12. The van der Waals surface area contributed by atoms with Crippen LogP contribution in [-0.4, -0.2) is 17.1 Å². The van der Waals surface area contributed by atoms with Gasteiger partial charge in [0.15, 0.2) is 0 Å². The van der Waals surface area contributed by atoms with Crippen molar-refractivity contribution in [2.75, 3.05) is 7.11 Å². The van der Waals surface area contributed by atoms with Crippen LogP contribution in [0.1, 0.15) is 0 Å². The maximum absolute atomic E-state index is 5.47. The van der Waals surface area contributed by atoms with Crippen LogP contribution in [0.2, 0.25) is 0 Å². The van der Waals surface area contributed by atoms with Crippen molar-refractivity contribution in [3.05, 3.63) is 85.1 Å². The van der Waals surface area contributed by atoms with Gasteiger partial charge in [-0.1, -0.05) is 60.7 Å². The Balaban J connectivity index is 1.95. The summed E-state index contributed by atoms with van der Waals surface area (Å²) in [4.78, 5) is 8.33. The molecule has 0 amide bonds. The van der Waals surface area contributed by atoms with Crippen molar-refractivity contribution in [3.8, 4) is 28.1 Å². The molecule has 2 heterocycles. The van der Waals surface area contributed by atoms with Crippen LogP contribution in [-0.2, 0) is 0 Å². The van der Waals surface area contributed by atoms with E-state index in [1.807, 2.05) is 36.5 Å². The number of benzene rings is 3. The Morgan fingerprint density at radius 2 is 1.48 bits per heavy atom. The lowest BCUT2D eigenvalue weighted by Crippen LogP contribution is -1.91. The Bertz CT molecular complexity index is 1240. The smallest absolute Gasteiger partial charge is 0.119 e. The molecule has 2 aromatic heterocycles. The minimum atomic E-state index is 0.848. The number of aromatic amines is 1. The molecule has 3 heteroatoms. The van der Waals surface area contributed by atoms with Crippen LogP contribution in [0.4, 0.5) is 0 Å². The monoisotopic (exact) mass is 350 g/mol. The van der Waals surface area contributed by atoms with E-state index < -0.39 is 0 Å². The summed E-state index contributed by atoms with van der Waals surface area (Å²) in [6, 6.07) is 26.9. The van der Waals surface area contributed by atoms with Gasteiger partial charge in [-0.3, -0.25) is 4.98 Å². The number of H-pyrrole nitrogens is 1. The van der Waals surface area contributed by atoms with E-state index in [2.05, 4.69) is 53.5 Å². The van der Waals surface area contributed by atoms with Gasteiger partial charge in [0, 0.05) is 27.4 Å². The van der Waals surface area contributed by atoms with Gasteiger partial charge in [0.25, 0.3) is 0 Å². The second kappa shape index (κ2) is 6.29. The summed E-state index contributed by atoms with van der Waals surface area (Å²) in [7, 11) is 1.70. The van der Waals surface area contributed by atoms with Crippen molar-refractivity contribution >= 4 is 21.8 Å². The number of aromatic nitrogens is 2. The Hall–Kier alpha value is -3.59. The van der Waals surface area contributed by atoms with Crippen molar-refractivity contribution < 1.29 is 4.74 Å². The number of fused-ring (bicyclic) bond motifs is 3. The van der Waals surface area contributed by atoms with Gasteiger partial charge in [-0.15, -0.1) is 0 Å². The lowest BCUT2D eigenvalue weighted by Gasteiger charge is -2.11. The van der Waals surface area contributed by atoms with Crippen LogP contribution in [0.25, 0.3) is 44.2 Å². The predicted molar refractivity (Wildman–Crippen MR) is 111 cm³/mol. The molecule has 0 aliphatic rings. The number of nitrogens with one attached hydrogen (secondary N) is 1. The molecular weight excluding hydrogens is 332 g/mol. The van der Waals surface area contributed by atoms with Crippen LogP contribution in [0.5, 0.6) is 5.75 Å². The third kappa shape index (κ3) is 2.56. The molecule has 0 saturated carbocycles. The van der Waals surface area contributed by atoms with Crippen molar-refractivity contribution in [3.63, 3.8) is 0 Å². The Labute approximate surface area is 157 Å². The standard InChI is InChI=1S/C24H18N2O/c1-27-18-12-13-20-19(14-18)23-21(26-20)15-25-24(17-10-6-3-7-11-17)22(23)16-8-4-2-5-9-16/h2-15,26H,1H3. The first-order valence-corrected chi connectivity index (χ1v) is 8.94. The fraction of sp³-hybridized carbons (Fsp3) is 0.0417. The molecular formula is C24H18N2O. The highest BCUT2D eigenvalue weighted by Gasteiger charge is 2.17. The van der Waals surface area contributed by atoms with E-state index in [4.69, 9.17) is 9.72 Å². The lowest BCUT2D eigenvalue weighted by molar-refractivity contribution is 0.415. The van der Waals surface area contributed by atoms with E-state index in [1.165, 1.54) is 5.39 Å². The van der Waals surface area contributed by atoms with Gasteiger partial charge >= 0.3 is 0 Å². The Kier molecular flexibility index (Phi) is 3.65. The van der Waals surface area contributed by atoms with Crippen molar-refractivity contribution in [1.29, 1.82) is 0 Å². The molecule has 1 N–H and O–H groups in total. The molecule has 0 atom stereocenters. The highest BCUT2D eigenvalue weighted by Crippen LogP contribution is 2.40. The minimum absolute atomic E-state index is 0.848. The van der Waals surface area contributed by atoms with E-state index in [1.54, 1.807) is 7.11 Å². The van der Waals surface area contributed by atoms with Gasteiger partial charge in [0.2, 0.25) is 0 Å². The van der Waals surface area contributed by atoms with Crippen LogP contribution in [0.3, 0.4) is 0 Å². The fourth-order valence-electron chi connectivity index (χ4n) is 3.70. The van der Waals surface area contributed by atoms with E-state index >= 15 is 0 Å². The minimum Gasteiger partial charge on any atom is -0.497 e. The molecule has 0 bridgehead atoms. The number of methoxy groups -OCH3 is 1. The lowest BCUT2D eigenvalue weighted by atomic mass is 9.95. The van der Waals surface area contributed by atoms with Gasteiger partial charge in [0.1, 0.15) is 5.75 Å². The third-order valence-electron chi connectivity index (χ3n) is 4.95. The summed E-state index contributed by atoms with van der Waals surface area (Å²) in [5.41, 5.74) is 6.48. The molecule has 0 unspecified atom stereocenters. The van der Waals surface area contributed by atoms with Crippen molar-refractivity contribution in [2.45, 2.75) is 0 Å². The molecule has 0 fully saturated rings. The van der Waals surface area contributed by atoms with Crippen LogP contribution in [0.15, 0.2) is 85.1 Å². The van der Waals surface area contributed by atoms with Gasteiger partial charge in [-0.25, -0.2) is 0 Å². The summed E-state index contributed by atoms with van der Waals surface area (Å²) < 4.78 is 5.47. The predicted octanol–water partition coefficient (Wildman–Crippen LogP) is 6.06. The molecule has 0 aliphatic heterocycles. The molecule has 27 heavy (non-hydrogen) atoms. The maximum atomic E-state index is 5.47. The summed E-state index contributed by atoms with van der Waals surface area (Å²) in [5.74, 6) is 0.848. The summed E-state index contributed by atoms with van der Waals surface area (Å²) in [5, 5.41) is 2.31. The van der Waals surface area contributed by atoms with Gasteiger partial charge in [0.05, 0.1) is 24.5 Å². The number of hydrogen-bond donors (Lipinski definition) is 1. The van der Waals surface area contributed by atoms with Gasteiger partial charge in [-0.2, -0.15) is 0 Å². The van der Waals surface area contributed by atoms with Crippen LogP contribution in [0, 0.1) is 0 Å². The highest BCUT2D eigenvalue weighted by atomic mass is 16.5. The summed E-state index contributed by atoms with van der Waals surface area (Å²) in [6.45, 7) is 0. The molecule has 130 valence electrons. The van der Waals surface area contributed by atoms with Crippen molar-refractivity contribution in [1.82, 2.24) is 9.97 Å². The van der Waals surface area contributed by atoms with Crippen molar-refractivity contribution in [2.24, 2.45) is 0 Å². The molecule has 3 aromatic carbocycles. The van der Waals surface area contributed by atoms with Gasteiger partial charge in [-0.05, 0) is 23.8 Å². The molecule has 0 spiro atoms. The number of ether oxygens (including phenoxy) is 1. The topological polar surface area (TPSA) is 37.9 Å². The van der Waals surface area contributed by atoms with Crippen LogP contribution >= 0.6 is 0 Å². The highest BCUT2D eigenvalue weighted by molar-refractivity contribution is 6.16. The number of pyridine rings is 1. The zero-order valence-corrected chi connectivity index (χ0v) is 14.9. The molecule has 0 aliphatic carbocycles. The second-order valence-corrected chi connectivity index (χ2v) is 6.54. The molecule has 0 saturated heterocycles. The number of nitrogens with zero attached hydrogens (tertiary/aromatic N) is 1. The zero-order chi connectivity index (χ0) is 18.2. The van der Waals surface area contributed by atoms with Gasteiger partial charge < -0.3 is 9.72 Å². The number of rotatable bonds is 3. The first-order valence-electron chi connectivity index (χ1n) is 8.94. The van der Waals surface area contributed by atoms with E-state index in [0.717, 1.165) is 44.6 Å². The maximum Gasteiger partial charge on any atom is 0.119 e. The van der Waals surface area contributed by atoms with Crippen LogP contribution < -0.4 is 4.74 Å². The van der Waals surface area contributed by atoms with E-state index in [-0.39, 0.29) is 0 Å². The quantitative estimate of drug-likeness (QED) is 0.429. The third-order valence-corrected chi connectivity index (χ3v) is 4.95. The summed E-state index contributed by atoms with van der Waals surface area (Å²) >= 11 is 0. The first kappa shape index (κ1) is 15.6. The first-order chi connectivity index (χ1) is 13.3. The molecule has 5 rings (SSSR count). The normalized spacial score (nSPS) is 11.1. The molecule has 0 radical (unpaired) electrons. The van der Waals surface area contributed by atoms with E-state index in [9.17, 15) is 0 Å².